The third-order valence-corrected chi connectivity index (χ3v) is 6.50. The fourth-order valence-electron chi connectivity index (χ4n) is 4.31. The van der Waals surface area contributed by atoms with Crippen molar-refractivity contribution < 1.29 is 42.9 Å². The van der Waals surface area contributed by atoms with Crippen LogP contribution in [0.15, 0.2) is 121 Å². The van der Waals surface area contributed by atoms with Gasteiger partial charge in [-0.3, -0.25) is 0 Å². The monoisotopic (exact) mass is 566 g/mol. The van der Waals surface area contributed by atoms with Crippen LogP contribution < -0.4 is 0 Å². The van der Waals surface area contributed by atoms with Crippen LogP contribution in [-0.2, 0) is 23.7 Å². The minimum atomic E-state index is -1.87. The molecule has 1 aliphatic rings. The molecule has 1 saturated heterocycles. The van der Waals surface area contributed by atoms with Crippen LogP contribution in [0.3, 0.4) is 0 Å². The summed E-state index contributed by atoms with van der Waals surface area (Å²) in [6.07, 6.45) is -3.00. The Morgan fingerprint density at radius 2 is 0.976 bits per heavy atom. The molecule has 9 nitrogen and oxygen atoms in total. The Morgan fingerprint density at radius 1 is 0.571 bits per heavy atom. The van der Waals surface area contributed by atoms with Crippen molar-refractivity contribution in [1.82, 2.24) is 0 Å². The van der Waals surface area contributed by atoms with Gasteiger partial charge in [0.25, 0.3) is 0 Å². The van der Waals surface area contributed by atoms with Crippen molar-refractivity contribution in [2.45, 2.75) is 18.0 Å². The van der Waals surface area contributed by atoms with Crippen molar-refractivity contribution in [2.24, 2.45) is 0 Å². The van der Waals surface area contributed by atoms with Crippen molar-refractivity contribution in [3.05, 3.63) is 144 Å². The maximum atomic E-state index is 13.3. The third-order valence-electron chi connectivity index (χ3n) is 6.50. The van der Waals surface area contributed by atoms with Crippen molar-refractivity contribution >= 4 is 23.9 Å². The molecule has 0 amide bonds. The van der Waals surface area contributed by atoms with E-state index in [9.17, 15) is 19.2 Å². The first-order valence-corrected chi connectivity index (χ1v) is 13.1. The zero-order chi connectivity index (χ0) is 29.4. The van der Waals surface area contributed by atoms with Crippen LogP contribution in [0.1, 0.15) is 41.4 Å². The van der Waals surface area contributed by atoms with Crippen molar-refractivity contribution in [3.8, 4) is 0 Å². The number of esters is 4. The number of ether oxygens (including phenoxy) is 5. The van der Waals surface area contributed by atoms with Gasteiger partial charge in [0.2, 0.25) is 18.0 Å². The lowest BCUT2D eigenvalue weighted by Gasteiger charge is -2.33. The van der Waals surface area contributed by atoms with Gasteiger partial charge in [-0.25, -0.2) is 19.2 Å². The van der Waals surface area contributed by atoms with Crippen LogP contribution in [0.25, 0.3) is 0 Å². The molecule has 3 atom stereocenters. The van der Waals surface area contributed by atoms with E-state index in [-0.39, 0.29) is 22.3 Å². The first-order chi connectivity index (χ1) is 20.4. The zero-order valence-corrected chi connectivity index (χ0v) is 22.3. The van der Waals surface area contributed by atoms with E-state index in [4.69, 9.17) is 23.7 Å². The van der Waals surface area contributed by atoms with Gasteiger partial charge in [-0.2, -0.15) is 0 Å². The Labute approximate surface area is 241 Å². The molecular formula is C33H26O9. The second-order valence-electron chi connectivity index (χ2n) is 9.41. The molecule has 0 N–H and O–H groups in total. The highest BCUT2D eigenvalue weighted by Gasteiger charge is 2.59. The highest BCUT2D eigenvalue weighted by molar-refractivity contribution is 5.92. The smallest absolute Gasteiger partial charge is 0.340 e. The van der Waals surface area contributed by atoms with Gasteiger partial charge in [-0.15, -0.1) is 0 Å². The molecule has 0 spiro atoms. The maximum absolute atomic E-state index is 13.3. The van der Waals surface area contributed by atoms with Gasteiger partial charge in [0.15, 0.2) is 0 Å². The van der Waals surface area contributed by atoms with E-state index >= 15 is 0 Å². The van der Waals surface area contributed by atoms with Crippen LogP contribution in [0.2, 0.25) is 0 Å². The quantitative estimate of drug-likeness (QED) is 0.207. The Balaban J connectivity index is 1.48. The molecule has 0 bridgehead atoms. The molecule has 0 aromatic heterocycles. The van der Waals surface area contributed by atoms with Crippen LogP contribution in [0, 0.1) is 0 Å². The van der Waals surface area contributed by atoms with Gasteiger partial charge in [0.05, 0.1) is 28.9 Å². The van der Waals surface area contributed by atoms with Gasteiger partial charge >= 0.3 is 23.9 Å². The van der Waals surface area contributed by atoms with Gasteiger partial charge in [0.1, 0.15) is 6.61 Å². The summed E-state index contributed by atoms with van der Waals surface area (Å²) < 4.78 is 28.7. The fourth-order valence-corrected chi connectivity index (χ4v) is 4.31. The SMILES string of the molecule is O=C(OC[C@@]1(OC(=O)c2ccccc2)COC(OC(=O)c2ccccc2)[C@@H]1OC(=O)c1ccccc1)c1ccccc1. The molecule has 1 heterocycles. The predicted molar refractivity (Wildman–Crippen MR) is 149 cm³/mol. The largest absolute Gasteiger partial charge is 0.458 e. The summed E-state index contributed by atoms with van der Waals surface area (Å²) in [5.41, 5.74) is -0.996. The highest BCUT2D eigenvalue weighted by atomic mass is 16.7. The molecule has 1 unspecified atom stereocenters. The number of benzene rings is 4. The average Bonchev–Trinajstić information content (AvgIpc) is 3.37. The lowest BCUT2D eigenvalue weighted by Crippen LogP contribution is -2.54. The average molecular weight is 567 g/mol. The van der Waals surface area contributed by atoms with Crippen molar-refractivity contribution in [1.29, 1.82) is 0 Å². The second-order valence-corrected chi connectivity index (χ2v) is 9.41. The predicted octanol–water partition coefficient (Wildman–Crippen LogP) is 4.88. The first kappa shape index (κ1) is 28.3. The van der Waals surface area contributed by atoms with Gasteiger partial charge in [0, 0.05) is 0 Å². The van der Waals surface area contributed by atoms with Gasteiger partial charge < -0.3 is 23.7 Å². The Hall–Kier alpha value is -5.28. The summed E-state index contributed by atoms with van der Waals surface area (Å²) in [7, 11) is 0. The molecule has 0 radical (unpaired) electrons. The van der Waals surface area contributed by atoms with E-state index in [2.05, 4.69) is 0 Å². The zero-order valence-electron chi connectivity index (χ0n) is 22.3. The molecule has 212 valence electrons. The lowest BCUT2D eigenvalue weighted by atomic mass is 9.99. The van der Waals surface area contributed by atoms with E-state index < -0.39 is 55.1 Å². The molecule has 0 saturated carbocycles. The van der Waals surface area contributed by atoms with Crippen LogP contribution in [-0.4, -0.2) is 55.1 Å². The molecule has 4 aromatic rings. The molecule has 9 heteroatoms. The van der Waals surface area contributed by atoms with E-state index in [0.717, 1.165) is 0 Å². The van der Waals surface area contributed by atoms with Crippen molar-refractivity contribution in [3.63, 3.8) is 0 Å². The van der Waals surface area contributed by atoms with Gasteiger partial charge in [-0.1, -0.05) is 72.8 Å². The standard InChI is InChI=1S/C33H26O9/c34-28(23-13-5-1-6-14-23)38-21-33(42-31(37)26-19-11-4-12-20-26)22-39-32(41-30(36)25-17-9-3-10-18-25)27(33)40-29(35)24-15-7-2-8-16-24/h1-20,27,32H,21-22H2/t27-,32?,33+/m0/s1. The summed E-state index contributed by atoms with van der Waals surface area (Å²) in [6.45, 7) is -0.974. The first-order valence-electron chi connectivity index (χ1n) is 13.1. The molecule has 4 aromatic carbocycles. The normalized spacial score (nSPS) is 19.3. The minimum absolute atomic E-state index is 0.196. The van der Waals surface area contributed by atoms with E-state index in [0.29, 0.717) is 0 Å². The summed E-state index contributed by atoms with van der Waals surface area (Å²) in [6, 6.07) is 32.6. The van der Waals surface area contributed by atoms with Crippen LogP contribution >= 0.6 is 0 Å². The molecule has 5 rings (SSSR count). The van der Waals surface area contributed by atoms with Crippen LogP contribution in [0.4, 0.5) is 0 Å². The number of hydrogen-bond donors (Lipinski definition) is 0. The molecule has 1 aliphatic heterocycles. The molecule has 1 fully saturated rings. The minimum Gasteiger partial charge on any atom is -0.458 e. The topological polar surface area (TPSA) is 114 Å². The van der Waals surface area contributed by atoms with E-state index in [1.54, 1.807) is 109 Å². The number of carbonyl (C=O) groups excluding carboxylic acids is 4. The summed E-state index contributed by atoms with van der Waals surface area (Å²) in [5.74, 6) is -3.04. The molecule has 42 heavy (non-hydrogen) atoms. The Kier molecular flexibility index (Phi) is 8.70. The Bertz CT molecular complexity index is 1530. The van der Waals surface area contributed by atoms with Crippen molar-refractivity contribution in [2.75, 3.05) is 13.2 Å². The summed E-state index contributed by atoms with van der Waals surface area (Å²) >= 11 is 0. The number of hydrogen-bond acceptors (Lipinski definition) is 9. The molecular weight excluding hydrogens is 540 g/mol. The Morgan fingerprint density at radius 3 is 1.45 bits per heavy atom. The van der Waals surface area contributed by atoms with E-state index in [1.165, 1.54) is 12.1 Å². The third kappa shape index (κ3) is 6.54. The molecule has 0 aliphatic carbocycles. The highest BCUT2D eigenvalue weighted by Crippen LogP contribution is 2.35. The fraction of sp³-hybridized carbons (Fsp3) is 0.152. The number of carbonyl (C=O) groups is 4. The number of rotatable bonds is 9. The van der Waals surface area contributed by atoms with Crippen LogP contribution in [0.5, 0.6) is 0 Å². The lowest BCUT2D eigenvalue weighted by molar-refractivity contribution is -0.140. The summed E-state index contributed by atoms with van der Waals surface area (Å²) in [5, 5.41) is 0. The second kappa shape index (κ2) is 12.9. The maximum Gasteiger partial charge on any atom is 0.340 e. The summed E-state index contributed by atoms with van der Waals surface area (Å²) in [4.78, 5) is 52.4. The van der Waals surface area contributed by atoms with E-state index in [1.807, 2.05) is 0 Å². The van der Waals surface area contributed by atoms with Gasteiger partial charge in [-0.05, 0) is 48.5 Å².